The summed E-state index contributed by atoms with van der Waals surface area (Å²) in [6.07, 6.45) is 0.234. The van der Waals surface area contributed by atoms with Gasteiger partial charge in [-0.15, -0.1) is 0 Å². The second-order valence-electron chi connectivity index (χ2n) is 7.92. The second-order valence-corrected chi connectivity index (χ2v) is 7.92. The van der Waals surface area contributed by atoms with Crippen LogP contribution in [0.25, 0.3) is 22.3 Å². The Labute approximate surface area is 222 Å². The summed E-state index contributed by atoms with van der Waals surface area (Å²) in [7, 11) is 0. The molecular formula is C30H23F3O6. The lowest BCUT2D eigenvalue weighted by atomic mass is 9.98. The molecule has 0 fully saturated rings. The van der Waals surface area contributed by atoms with Crippen molar-refractivity contribution in [2.75, 3.05) is 0 Å². The predicted octanol–water partition coefficient (Wildman–Crippen LogP) is 7.59. The highest BCUT2D eigenvalue weighted by Crippen LogP contribution is 2.39. The molecule has 0 spiro atoms. The van der Waals surface area contributed by atoms with Gasteiger partial charge in [-0.2, -0.15) is 13.2 Å². The van der Waals surface area contributed by atoms with Gasteiger partial charge in [0.05, 0.1) is 5.56 Å². The number of rotatable bonds is 10. The normalized spacial score (nSPS) is 11.3. The molecule has 0 amide bonds. The van der Waals surface area contributed by atoms with E-state index in [4.69, 9.17) is 14.2 Å². The van der Waals surface area contributed by atoms with Crippen molar-refractivity contribution in [3.8, 4) is 33.8 Å². The number of carbonyl (C=O) groups is 2. The molecule has 3 rings (SSSR count). The van der Waals surface area contributed by atoms with E-state index in [0.717, 1.165) is 42.1 Å². The number of hydrogen-bond acceptors (Lipinski definition) is 6. The maximum absolute atomic E-state index is 13.7. The van der Waals surface area contributed by atoms with E-state index >= 15 is 0 Å². The Bertz CT molecular complexity index is 1400. The van der Waals surface area contributed by atoms with Gasteiger partial charge in [0.2, 0.25) is 0 Å². The minimum atomic E-state index is -4.68. The van der Waals surface area contributed by atoms with Crippen molar-refractivity contribution in [3.63, 3.8) is 0 Å². The standard InChI is InChI=1S/C30H23F3O6/c1-4-28(34)38-17-16-37-27-14-11-24(19-26(27)30(31,32)33)23-7-5-21(6-8-23)22-9-12-25(13-10-22)36-15-18-39-29(35)20(2)3/h4-19H,1-2H2,3H3. The van der Waals surface area contributed by atoms with Crippen molar-refractivity contribution >= 4 is 11.9 Å². The fourth-order valence-electron chi connectivity index (χ4n) is 3.16. The molecule has 0 radical (unpaired) electrons. The van der Waals surface area contributed by atoms with Crippen LogP contribution in [0.5, 0.6) is 11.5 Å². The van der Waals surface area contributed by atoms with Crippen molar-refractivity contribution in [2.45, 2.75) is 13.1 Å². The van der Waals surface area contributed by atoms with Crippen LogP contribution in [0, 0.1) is 0 Å². The minimum Gasteiger partial charge on any atom is -0.462 e. The molecule has 0 aromatic heterocycles. The smallest absolute Gasteiger partial charge is 0.420 e. The van der Waals surface area contributed by atoms with E-state index in [1.54, 1.807) is 36.4 Å². The van der Waals surface area contributed by atoms with Gasteiger partial charge in [-0.3, -0.25) is 0 Å². The summed E-state index contributed by atoms with van der Waals surface area (Å²) < 4.78 is 60.8. The Morgan fingerprint density at radius 3 is 1.82 bits per heavy atom. The van der Waals surface area contributed by atoms with Gasteiger partial charge in [0, 0.05) is 11.6 Å². The Morgan fingerprint density at radius 2 is 1.26 bits per heavy atom. The molecule has 39 heavy (non-hydrogen) atoms. The first-order valence-corrected chi connectivity index (χ1v) is 11.3. The molecule has 0 saturated carbocycles. The van der Waals surface area contributed by atoms with Gasteiger partial charge in [0.1, 0.15) is 36.5 Å². The van der Waals surface area contributed by atoms with Crippen LogP contribution in [-0.4, -0.2) is 11.9 Å². The largest absolute Gasteiger partial charge is 0.462 e. The highest BCUT2D eigenvalue weighted by Gasteiger charge is 2.34. The number of carbonyl (C=O) groups excluding carboxylic acids is 2. The molecule has 0 aliphatic rings. The fraction of sp³-hybridized carbons (Fsp3) is 0.0667. The molecule has 0 bridgehead atoms. The van der Waals surface area contributed by atoms with Crippen molar-refractivity contribution < 1.29 is 41.7 Å². The molecule has 0 aliphatic carbocycles. The van der Waals surface area contributed by atoms with Crippen LogP contribution in [-0.2, 0) is 25.2 Å². The van der Waals surface area contributed by atoms with Gasteiger partial charge in [0.15, 0.2) is 0 Å². The van der Waals surface area contributed by atoms with E-state index < -0.39 is 29.4 Å². The summed E-state index contributed by atoms with van der Waals surface area (Å²) >= 11 is 0. The van der Waals surface area contributed by atoms with E-state index in [9.17, 15) is 22.8 Å². The first kappa shape index (κ1) is 28.5. The Kier molecular flexibility index (Phi) is 9.48. The highest BCUT2D eigenvalue weighted by molar-refractivity contribution is 5.87. The maximum atomic E-state index is 13.7. The fourth-order valence-corrected chi connectivity index (χ4v) is 3.16. The molecule has 0 heterocycles. The van der Waals surface area contributed by atoms with Crippen LogP contribution in [0.3, 0.4) is 0 Å². The zero-order valence-electron chi connectivity index (χ0n) is 20.7. The lowest BCUT2D eigenvalue weighted by Gasteiger charge is -2.14. The van der Waals surface area contributed by atoms with Gasteiger partial charge in [-0.25, -0.2) is 9.59 Å². The lowest BCUT2D eigenvalue weighted by Crippen LogP contribution is -2.07. The van der Waals surface area contributed by atoms with Crippen LogP contribution in [0.15, 0.2) is 117 Å². The Morgan fingerprint density at radius 1 is 0.744 bits per heavy atom. The number of ether oxygens (including phenoxy) is 4. The van der Waals surface area contributed by atoms with Gasteiger partial charge in [-0.05, 0) is 53.4 Å². The lowest BCUT2D eigenvalue weighted by molar-refractivity contribution is -0.139. The van der Waals surface area contributed by atoms with Crippen LogP contribution in [0.4, 0.5) is 13.2 Å². The molecule has 3 aromatic rings. The molecule has 0 atom stereocenters. The number of hydrogen-bond donors (Lipinski definition) is 0. The third kappa shape index (κ3) is 8.22. The quantitative estimate of drug-likeness (QED) is 0.151. The Hall–Kier alpha value is -5.05. The zero-order chi connectivity index (χ0) is 28.4. The monoisotopic (exact) mass is 536 g/mol. The highest BCUT2D eigenvalue weighted by atomic mass is 19.4. The summed E-state index contributed by atoms with van der Waals surface area (Å²) in [6, 6.07) is 17.7. The topological polar surface area (TPSA) is 71.1 Å². The summed E-state index contributed by atoms with van der Waals surface area (Å²) in [5.41, 5.74) is 1.89. The molecule has 6 nitrogen and oxygen atoms in total. The van der Waals surface area contributed by atoms with E-state index in [1.165, 1.54) is 25.3 Å². The number of benzene rings is 3. The molecule has 0 unspecified atom stereocenters. The molecule has 0 aliphatic heterocycles. The molecule has 3 aromatic carbocycles. The van der Waals surface area contributed by atoms with E-state index in [0.29, 0.717) is 16.9 Å². The van der Waals surface area contributed by atoms with Crippen molar-refractivity contribution in [1.29, 1.82) is 0 Å². The van der Waals surface area contributed by atoms with E-state index in [-0.39, 0.29) is 5.57 Å². The second kappa shape index (κ2) is 13.0. The molecule has 200 valence electrons. The zero-order valence-corrected chi connectivity index (χ0v) is 20.7. The molecule has 0 N–H and O–H groups in total. The number of esters is 2. The molecule has 9 heteroatoms. The minimum absolute atomic E-state index is 0.264. The van der Waals surface area contributed by atoms with Crippen molar-refractivity contribution in [2.24, 2.45) is 0 Å². The third-order valence-corrected chi connectivity index (χ3v) is 5.08. The van der Waals surface area contributed by atoms with Gasteiger partial charge in [0.25, 0.3) is 0 Å². The Balaban J connectivity index is 1.71. The number of halogens is 3. The first-order valence-electron chi connectivity index (χ1n) is 11.3. The van der Waals surface area contributed by atoms with Crippen LogP contribution < -0.4 is 9.47 Å². The van der Waals surface area contributed by atoms with Gasteiger partial charge >= 0.3 is 18.1 Å². The average Bonchev–Trinajstić information content (AvgIpc) is 2.93. The first-order chi connectivity index (χ1) is 18.6. The van der Waals surface area contributed by atoms with E-state index in [2.05, 4.69) is 17.9 Å². The maximum Gasteiger partial charge on any atom is 0.420 e. The summed E-state index contributed by atoms with van der Waals surface area (Å²) in [5, 5.41) is 0. The number of alkyl halides is 3. The average molecular weight is 537 g/mol. The van der Waals surface area contributed by atoms with Crippen LogP contribution >= 0.6 is 0 Å². The van der Waals surface area contributed by atoms with Crippen molar-refractivity contribution in [3.05, 3.63) is 122 Å². The van der Waals surface area contributed by atoms with Crippen LogP contribution in [0.1, 0.15) is 12.5 Å². The van der Waals surface area contributed by atoms with Gasteiger partial charge < -0.3 is 18.9 Å². The summed E-state index contributed by atoms with van der Waals surface area (Å²) in [5.74, 6) is -1.27. The van der Waals surface area contributed by atoms with Crippen LogP contribution in [0.2, 0.25) is 0 Å². The molecular weight excluding hydrogens is 513 g/mol. The summed E-state index contributed by atoms with van der Waals surface area (Å²) in [4.78, 5) is 22.3. The van der Waals surface area contributed by atoms with Crippen molar-refractivity contribution in [1.82, 2.24) is 0 Å². The SMILES string of the molecule is C=CC(=O)OC=COc1ccc(-c2ccc(-c3ccc(OC=COC(=O)C(=C)C)cc3)cc2)cc1C(F)(F)F. The predicted molar refractivity (Wildman–Crippen MR) is 139 cm³/mol. The van der Waals surface area contributed by atoms with Gasteiger partial charge in [-0.1, -0.05) is 55.6 Å². The molecule has 0 saturated heterocycles. The summed E-state index contributed by atoms with van der Waals surface area (Å²) in [6.45, 7) is 8.21. The van der Waals surface area contributed by atoms with E-state index in [1.807, 2.05) is 12.1 Å². The third-order valence-electron chi connectivity index (χ3n) is 5.08.